The van der Waals surface area contributed by atoms with Crippen molar-refractivity contribution < 1.29 is 0 Å². The summed E-state index contributed by atoms with van der Waals surface area (Å²) in [6.45, 7) is 9.52. The normalized spacial score (nSPS) is 14.8. The highest BCUT2D eigenvalue weighted by atomic mass is 15.2. The molecule has 24 heavy (non-hydrogen) atoms. The zero-order chi connectivity index (χ0) is 16.9. The number of hydrogen-bond donors (Lipinski definition) is 1. The summed E-state index contributed by atoms with van der Waals surface area (Å²) in [4.78, 5) is 4.68. The van der Waals surface area contributed by atoms with Crippen LogP contribution in [0.1, 0.15) is 38.2 Å². The van der Waals surface area contributed by atoms with Gasteiger partial charge in [-0.1, -0.05) is 32.1 Å². The van der Waals surface area contributed by atoms with E-state index in [0.717, 1.165) is 31.7 Å². The molecule has 0 aliphatic carbocycles. The van der Waals surface area contributed by atoms with Crippen LogP contribution in [0.2, 0.25) is 0 Å². The van der Waals surface area contributed by atoms with Gasteiger partial charge in [0.1, 0.15) is 0 Å². The smallest absolute Gasteiger partial charge is 0.0695 e. The lowest BCUT2D eigenvalue weighted by atomic mass is 10.1. The average molecular weight is 324 g/mol. The van der Waals surface area contributed by atoms with Gasteiger partial charge in [0.2, 0.25) is 0 Å². The van der Waals surface area contributed by atoms with Gasteiger partial charge in [0.15, 0.2) is 0 Å². The van der Waals surface area contributed by atoms with Crippen molar-refractivity contribution >= 4 is 5.69 Å². The maximum atomic E-state index is 4.27. The van der Waals surface area contributed by atoms with Crippen LogP contribution in [-0.2, 0) is 6.54 Å². The van der Waals surface area contributed by atoms with Crippen molar-refractivity contribution in [1.29, 1.82) is 0 Å². The molecule has 0 bridgehead atoms. The molecule has 1 aliphatic rings. The monoisotopic (exact) mass is 324 g/mol. The molecule has 2 heterocycles. The maximum absolute atomic E-state index is 4.27. The molecule has 0 saturated carbocycles. The third-order valence-corrected chi connectivity index (χ3v) is 4.75. The van der Waals surface area contributed by atoms with Gasteiger partial charge >= 0.3 is 0 Å². The van der Waals surface area contributed by atoms with E-state index in [1.54, 1.807) is 0 Å². The molecule has 1 aliphatic heterocycles. The molecule has 2 aromatic rings. The van der Waals surface area contributed by atoms with Crippen molar-refractivity contribution in [3.63, 3.8) is 0 Å². The number of nitrogens with one attached hydrogen (secondary N) is 1. The molecule has 0 amide bonds. The molecule has 0 spiro atoms. The summed E-state index contributed by atoms with van der Waals surface area (Å²) in [7, 11) is 2.18. The van der Waals surface area contributed by atoms with E-state index in [0.29, 0.717) is 0 Å². The minimum absolute atomic E-state index is 0.927. The fourth-order valence-corrected chi connectivity index (χ4v) is 3.33. The molecule has 0 unspecified atom stereocenters. The molecule has 0 radical (unpaired) electrons. The highest BCUT2D eigenvalue weighted by molar-refractivity contribution is 5.66. The fraction of sp³-hybridized carbons (Fsp3) is 0.450. The molecular formula is C20H28N4. The Hall–Kier alpha value is -2.07. The zero-order valence-corrected chi connectivity index (χ0v) is 14.9. The summed E-state index contributed by atoms with van der Waals surface area (Å²) < 4.78 is 0. The molecule has 1 aromatic carbocycles. The van der Waals surface area contributed by atoms with Crippen molar-refractivity contribution in [2.45, 2.75) is 39.2 Å². The van der Waals surface area contributed by atoms with E-state index in [2.05, 4.69) is 64.8 Å². The van der Waals surface area contributed by atoms with Crippen LogP contribution in [0.5, 0.6) is 0 Å². The Balaban J connectivity index is 1.73. The Morgan fingerprint density at radius 1 is 1.29 bits per heavy atom. The van der Waals surface area contributed by atoms with E-state index in [4.69, 9.17) is 0 Å². The van der Waals surface area contributed by atoms with Crippen LogP contribution in [0.3, 0.4) is 0 Å². The lowest BCUT2D eigenvalue weighted by molar-refractivity contribution is 0.321. The van der Waals surface area contributed by atoms with Gasteiger partial charge in [-0.2, -0.15) is 5.10 Å². The molecule has 3 rings (SSSR count). The number of H-pyrrole nitrogens is 1. The number of rotatable bonds is 7. The number of benzene rings is 1. The van der Waals surface area contributed by atoms with Gasteiger partial charge in [0, 0.05) is 35.6 Å². The van der Waals surface area contributed by atoms with Gasteiger partial charge in [-0.05, 0) is 45.0 Å². The number of allylic oxidation sites excluding steroid dienone is 1. The van der Waals surface area contributed by atoms with Crippen molar-refractivity contribution in [3.05, 3.63) is 48.3 Å². The van der Waals surface area contributed by atoms with Gasteiger partial charge in [-0.3, -0.25) is 5.10 Å². The summed E-state index contributed by atoms with van der Waals surface area (Å²) >= 11 is 0. The van der Waals surface area contributed by atoms with Crippen LogP contribution < -0.4 is 4.90 Å². The highest BCUT2D eigenvalue weighted by Crippen LogP contribution is 2.30. The Bertz CT molecular complexity index is 671. The summed E-state index contributed by atoms with van der Waals surface area (Å²) in [5, 5.41) is 7.44. The Morgan fingerprint density at radius 3 is 2.75 bits per heavy atom. The second-order valence-corrected chi connectivity index (χ2v) is 6.73. The van der Waals surface area contributed by atoms with Gasteiger partial charge in [-0.25, -0.2) is 0 Å². The summed E-state index contributed by atoms with van der Waals surface area (Å²) in [5.74, 6) is 0. The fourth-order valence-electron chi connectivity index (χ4n) is 3.33. The SMILES string of the molecule is C=C1CCCN1c1ccc(-c2[nH]ncc2CN(C)CCCC)cc1. The second kappa shape index (κ2) is 7.67. The predicted octanol–water partition coefficient (Wildman–Crippen LogP) is 4.42. The van der Waals surface area contributed by atoms with E-state index in [-0.39, 0.29) is 0 Å². The zero-order valence-electron chi connectivity index (χ0n) is 14.9. The standard InChI is InChI=1S/C20H28N4/c1-4-5-12-23(3)15-18-14-21-22-20(18)17-8-10-19(11-9-17)24-13-6-7-16(24)2/h8-11,14H,2,4-7,12-13,15H2,1,3H3,(H,21,22). The molecule has 128 valence electrons. The van der Waals surface area contributed by atoms with Crippen LogP contribution in [0, 0.1) is 0 Å². The summed E-state index contributed by atoms with van der Waals surface area (Å²) in [6, 6.07) is 8.75. The number of anilines is 1. The quantitative estimate of drug-likeness (QED) is 0.818. The van der Waals surface area contributed by atoms with Crippen molar-refractivity contribution in [2.75, 3.05) is 25.0 Å². The lowest BCUT2D eigenvalue weighted by Crippen LogP contribution is -2.19. The number of nitrogens with zero attached hydrogens (tertiary/aromatic N) is 3. The first-order chi connectivity index (χ1) is 11.7. The van der Waals surface area contributed by atoms with E-state index >= 15 is 0 Å². The topological polar surface area (TPSA) is 35.2 Å². The molecule has 1 N–H and O–H groups in total. The van der Waals surface area contributed by atoms with Crippen LogP contribution in [-0.4, -0.2) is 35.2 Å². The maximum Gasteiger partial charge on any atom is 0.0695 e. The molecular weight excluding hydrogens is 296 g/mol. The van der Waals surface area contributed by atoms with Crippen LogP contribution in [0.15, 0.2) is 42.7 Å². The molecule has 1 fully saturated rings. The number of unbranched alkanes of at least 4 members (excludes halogenated alkanes) is 1. The number of hydrogen-bond acceptors (Lipinski definition) is 3. The van der Waals surface area contributed by atoms with Crippen molar-refractivity contribution in [2.24, 2.45) is 0 Å². The Morgan fingerprint density at radius 2 is 2.08 bits per heavy atom. The van der Waals surface area contributed by atoms with Gasteiger partial charge in [-0.15, -0.1) is 0 Å². The van der Waals surface area contributed by atoms with E-state index in [1.165, 1.54) is 41.8 Å². The van der Waals surface area contributed by atoms with Crippen molar-refractivity contribution in [1.82, 2.24) is 15.1 Å². The minimum atomic E-state index is 0.927. The van der Waals surface area contributed by atoms with Crippen LogP contribution in [0.4, 0.5) is 5.69 Å². The first-order valence-electron chi connectivity index (χ1n) is 8.95. The lowest BCUT2D eigenvalue weighted by Gasteiger charge is -2.20. The van der Waals surface area contributed by atoms with Crippen LogP contribution in [0.25, 0.3) is 11.3 Å². The first-order valence-corrected chi connectivity index (χ1v) is 8.95. The minimum Gasteiger partial charge on any atom is -0.346 e. The molecule has 4 heteroatoms. The van der Waals surface area contributed by atoms with E-state index in [9.17, 15) is 0 Å². The van der Waals surface area contributed by atoms with Gasteiger partial charge < -0.3 is 9.80 Å². The highest BCUT2D eigenvalue weighted by Gasteiger charge is 2.17. The molecule has 0 atom stereocenters. The number of aromatic nitrogens is 2. The molecule has 1 saturated heterocycles. The average Bonchev–Trinajstić information content (AvgIpc) is 3.22. The van der Waals surface area contributed by atoms with Gasteiger partial charge in [0.05, 0.1) is 11.9 Å². The third-order valence-electron chi connectivity index (χ3n) is 4.75. The summed E-state index contributed by atoms with van der Waals surface area (Å²) in [6.07, 6.45) is 6.73. The summed E-state index contributed by atoms with van der Waals surface area (Å²) in [5.41, 5.74) is 6.04. The third kappa shape index (κ3) is 3.70. The number of aromatic amines is 1. The second-order valence-electron chi connectivity index (χ2n) is 6.73. The Labute approximate surface area is 145 Å². The van der Waals surface area contributed by atoms with E-state index in [1.807, 2.05) is 6.20 Å². The van der Waals surface area contributed by atoms with Gasteiger partial charge in [0.25, 0.3) is 0 Å². The first kappa shape index (κ1) is 16.8. The van der Waals surface area contributed by atoms with Crippen LogP contribution >= 0.6 is 0 Å². The predicted molar refractivity (Wildman–Crippen MR) is 101 cm³/mol. The largest absolute Gasteiger partial charge is 0.346 e. The van der Waals surface area contributed by atoms with Crippen molar-refractivity contribution in [3.8, 4) is 11.3 Å². The molecule has 4 nitrogen and oxygen atoms in total. The molecule has 1 aromatic heterocycles. The Kier molecular flexibility index (Phi) is 5.36. The van der Waals surface area contributed by atoms with E-state index < -0.39 is 0 Å².